The number of carbonyl (C=O) groups excluding carboxylic acids is 3. The van der Waals surface area contributed by atoms with Crippen molar-refractivity contribution in [3.63, 3.8) is 0 Å². The van der Waals surface area contributed by atoms with Crippen molar-refractivity contribution in [1.29, 1.82) is 0 Å². The molecule has 0 unspecified atom stereocenters. The minimum Gasteiger partial charge on any atom is -0.450 e. The number of rotatable bonds is 4. The molecule has 0 spiro atoms. The highest BCUT2D eigenvalue weighted by molar-refractivity contribution is 6.29. The molecule has 7 heteroatoms. The van der Waals surface area contributed by atoms with Gasteiger partial charge in [-0.25, -0.2) is 4.39 Å². The van der Waals surface area contributed by atoms with Crippen molar-refractivity contribution >= 4 is 29.1 Å². The van der Waals surface area contributed by atoms with Crippen LogP contribution in [0.3, 0.4) is 0 Å². The Morgan fingerprint density at radius 1 is 1.24 bits per heavy atom. The zero-order valence-electron chi connectivity index (χ0n) is 19.4. The molecule has 0 amide bonds. The molecule has 0 aromatic heterocycles. The van der Waals surface area contributed by atoms with Gasteiger partial charge in [0.15, 0.2) is 22.8 Å². The molecule has 8 atom stereocenters. The van der Waals surface area contributed by atoms with Crippen molar-refractivity contribution in [2.45, 2.75) is 76.7 Å². The lowest BCUT2D eigenvalue weighted by atomic mass is 9.44. The standard InChI is InChI=1S/C26H32ClFO5/c1-14-10-19-18-7-6-16-11-17(29)8-9-23(16,2)25(18,28)20(30)12-24(19,3)26(14,21(31)13-27)33-22(32)15-4-5-15/h8-9,11,14-15,18-20,30H,4-7,10,12-13H2,1-3H3/t14-,18+,19+,20+,23+,24+,25+,26+/m1/s1. The third-order valence-electron chi connectivity index (χ3n) is 9.89. The van der Waals surface area contributed by atoms with Crippen molar-refractivity contribution < 1.29 is 28.6 Å². The van der Waals surface area contributed by atoms with E-state index in [2.05, 4.69) is 0 Å². The summed E-state index contributed by atoms with van der Waals surface area (Å²) in [7, 11) is 0. The number of aliphatic hydroxyl groups excluding tert-OH is 1. The van der Waals surface area contributed by atoms with Crippen LogP contribution in [-0.2, 0) is 19.1 Å². The van der Waals surface area contributed by atoms with Gasteiger partial charge < -0.3 is 9.84 Å². The number of ketones is 2. The van der Waals surface area contributed by atoms with E-state index in [9.17, 15) is 19.5 Å². The Labute approximate surface area is 198 Å². The maximum atomic E-state index is 17.3. The quantitative estimate of drug-likeness (QED) is 0.486. The Hall–Kier alpha value is -1.53. The molecule has 33 heavy (non-hydrogen) atoms. The summed E-state index contributed by atoms with van der Waals surface area (Å²) in [6, 6.07) is 0. The molecule has 5 aliphatic carbocycles. The normalized spacial score (nSPS) is 48.4. The first-order valence-corrected chi connectivity index (χ1v) is 12.6. The average Bonchev–Trinajstić information content (AvgIpc) is 3.58. The van der Waals surface area contributed by atoms with Gasteiger partial charge in [0.05, 0.1) is 17.9 Å². The second kappa shape index (κ2) is 7.24. The molecule has 0 aromatic rings. The summed E-state index contributed by atoms with van der Waals surface area (Å²) in [5.41, 5.74) is -4.78. The second-order valence-electron chi connectivity index (χ2n) is 11.4. The highest BCUT2D eigenvalue weighted by Crippen LogP contribution is 2.71. The van der Waals surface area contributed by atoms with Gasteiger partial charge in [0, 0.05) is 22.7 Å². The number of hydrogen-bond donors (Lipinski definition) is 1. The van der Waals surface area contributed by atoms with Crippen LogP contribution in [0.2, 0.25) is 0 Å². The summed E-state index contributed by atoms with van der Waals surface area (Å²) < 4.78 is 23.3. The molecular formula is C26H32ClFO5. The Balaban J connectivity index is 1.61. The summed E-state index contributed by atoms with van der Waals surface area (Å²) in [5.74, 6) is -2.57. The summed E-state index contributed by atoms with van der Waals surface area (Å²) >= 11 is 6.06. The van der Waals surface area contributed by atoms with Gasteiger partial charge in [-0.05, 0) is 63.5 Å². The van der Waals surface area contributed by atoms with Gasteiger partial charge in [-0.15, -0.1) is 11.6 Å². The van der Waals surface area contributed by atoms with E-state index < -0.39 is 34.1 Å². The zero-order valence-corrected chi connectivity index (χ0v) is 20.2. The molecule has 180 valence electrons. The van der Waals surface area contributed by atoms with Crippen LogP contribution in [0.5, 0.6) is 0 Å². The number of Topliss-reactive ketones (excluding diaryl/α,β-unsaturated/α-hetero) is 1. The molecule has 5 rings (SSSR count). The van der Waals surface area contributed by atoms with Crippen molar-refractivity contribution in [3.05, 3.63) is 23.8 Å². The molecule has 0 heterocycles. The molecule has 0 aromatic carbocycles. The predicted octanol–water partition coefficient (Wildman–Crippen LogP) is 4.10. The molecule has 0 aliphatic heterocycles. The molecule has 0 saturated heterocycles. The van der Waals surface area contributed by atoms with E-state index >= 15 is 4.39 Å². The molecule has 5 nitrogen and oxygen atoms in total. The SMILES string of the molecule is C[C@@H]1C[C@H]2[C@@H]3CCC4=CC(=O)C=C[C@]4(C)[C@@]3(F)[C@@H](O)C[C@]2(C)[C@@]1(OC(=O)C1CC1)C(=O)CCl. The molecule has 1 N–H and O–H groups in total. The molecular weight excluding hydrogens is 447 g/mol. The minimum absolute atomic E-state index is 0.0137. The van der Waals surface area contributed by atoms with Gasteiger partial charge in [0.1, 0.15) is 0 Å². The van der Waals surface area contributed by atoms with Gasteiger partial charge in [0.25, 0.3) is 0 Å². The molecule has 0 radical (unpaired) electrons. The van der Waals surface area contributed by atoms with E-state index in [1.807, 2.05) is 13.8 Å². The van der Waals surface area contributed by atoms with Crippen molar-refractivity contribution in [3.8, 4) is 0 Å². The smallest absolute Gasteiger partial charge is 0.309 e. The topological polar surface area (TPSA) is 80.7 Å². The minimum atomic E-state index is -1.99. The van der Waals surface area contributed by atoms with Crippen LogP contribution < -0.4 is 0 Å². The molecule has 0 bridgehead atoms. The number of ether oxygens (including phenoxy) is 1. The number of fused-ring (bicyclic) bond motifs is 5. The predicted molar refractivity (Wildman–Crippen MR) is 120 cm³/mol. The Morgan fingerprint density at radius 2 is 1.94 bits per heavy atom. The van der Waals surface area contributed by atoms with Crippen LogP contribution in [0.4, 0.5) is 4.39 Å². The van der Waals surface area contributed by atoms with Crippen LogP contribution in [0.25, 0.3) is 0 Å². The van der Waals surface area contributed by atoms with Gasteiger partial charge in [-0.3, -0.25) is 14.4 Å². The largest absolute Gasteiger partial charge is 0.450 e. The lowest BCUT2D eigenvalue weighted by Crippen LogP contribution is -2.70. The van der Waals surface area contributed by atoms with Crippen LogP contribution in [0.1, 0.15) is 59.3 Å². The monoisotopic (exact) mass is 478 g/mol. The van der Waals surface area contributed by atoms with E-state index in [0.29, 0.717) is 24.8 Å². The second-order valence-corrected chi connectivity index (χ2v) is 11.7. The van der Waals surface area contributed by atoms with Crippen molar-refractivity contribution in [2.75, 3.05) is 5.88 Å². The first-order valence-electron chi connectivity index (χ1n) is 12.1. The highest BCUT2D eigenvalue weighted by atomic mass is 35.5. The molecule has 5 aliphatic rings. The van der Waals surface area contributed by atoms with Gasteiger partial charge in [-0.2, -0.15) is 0 Å². The number of carbonyl (C=O) groups is 3. The fourth-order valence-electron chi connectivity index (χ4n) is 8.06. The maximum Gasteiger partial charge on any atom is 0.309 e. The molecule has 4 fully saturated rings. The number of allylic oxidation sites excluding steroid dienone is 4. The lowest BCUT2D eigenvalue weighted by molar-refractivity contribution is -0.227. The van der Waals surface area contributed by atoms with Crippen LogP contribution in [-0.4, -0.2) is 45.9 Å². The number of alkyl halides is 2. The van der Waals surface area contributed by atoms with Crippen LogP contribution in [0.15, 0.2) is 23.8 Å². The van der Waals surface area contributed by atoms with E-state index in [-0.39, 0.29) is 47.6 Å². The van der Waals surface area contributed by atoms with E-state index in [4.69, 9.17) is 16.3 Å². The Bertz CT molecular complexity index is 987. The maximum absolute atomic E-state index is 17.3. The van der Waals surface area contributed by atoms with Crippen LogP contribution in [0, 0.1) is 34.5 Å². The average molecular weight is 479 g/mol. The molecule has 4 saturated carbocycles. The third-order valence-corrected chi connectivity index (χ3v) is 10.1. The van der Waals surface area contributed by atoms with Gasteiger partial charge in [-0.1, -0.05) is 25.5 Å². The summed E-state index contributed by atoms with van der Waals surface area (Å²) in [6.07, 6.45) is 6.13. The summed E-state index contributed by atoms with van der Waals surface area (Å²) in [4.78, 5) is 38.3. The summed E-state index contributed by atoms with van der Waals surface area (Å²) in [5, 5.41) is 11.5. The van der Waals surface area contributed by atoms with E-state index in [1.165, 1.54) is 12.2 Å². The fraction of sp³-hybridized carbons (Fsp3) is 0.731. The lowest BCUT2D eigenvalue weighted by Gasteiger charge is -2.62. The zero-order chi connectivity index (χ0) is 24.0. The van der Waals surface area contributed by atoms with Gasteiger partial charge >= 0.3 is 5.97 Å². The van der Waals surface area contributed by atoms with Crippen molar-refractivity contribution in [2.24, 2.45) is 34.5 Å². The Morgan fingerprint density at radius 3 is 2.58 bits per heavy atom. The van der Waals surface area contributed by atoms with Crippen molar-refractivity contribution in [1.82, 2.24) is 0 Å². The number of hydrogen-bond acceptors (Lipinski definition) is 5. The Kier molecular flexibility index (Phi) is 5.09. The first-order chi connectivity index (χ1) is 15.5. The van der Waals surface area contributed by atoms with Gasteiger partial charge in [0.2, 0.25) is 0 Å². The number of esters is 1. The highest BCUT2D eigenvalue weighted by Gasteiger charge is 2.77. The van der Waals surface area contributed by atoms with E-state index in [0.717, 1.165) is 12.8 Å². The number of aliphatic hydroxyl groups is 1. The third kappa shape index (κ3) is 2.77. The fourth-order valence-corrected chi connectivity index (χ4v) is 8.26. The number of halogens is 2. The first kappa shape index (κ1) is 23.2. The summed E-state index contributed by atoms with van der Waals surface area (Å²) in [6.45, 7) is 5.53. The van der Waals surface area contributed by atoms with E-state index in [1.54, 1.807) is 13.0 Å². The van der Waals surface area contributed by atoms with Crippen LogP contribution >= 0.6 is 11.6 Å².